The number of hydrogen-bond donors (Lipinski definition) is 4. The van der Waals surface area contributed by atoms with Crippen molar-refractivity contribution in [3.8, 4) is 5.75 Å². The van der Waals surface area contributed by atoms with E-state index in [1.807, 2.05) is 18.2 Å². The largest absolute Gasteiger partial charge is 0.479 e. The van der Waals surface area contributed by atoms with Crippen LogP contribution >= 0.6 is 0 Å². The Balaban J connectivity index is 1.82. The van der Waals surface area contributed by atoms with E-state index < -0.39 is 36.7 Å². The van der Waals surface area contributed by atoms with E-state index in [1.165, 1.54) is 19.3 Å². The third kappa shape index (κ3) is 5.07. The Labute approximate surface area is 175 Å². The Kier molecular flexibility index (Phi) is 7.60. The van der Waals surface area contributed by atoms with Crippen molar-refractivity contribution in [2.24, 2.45) is 0 Å². The third-order valence-corrected chi connectivity index (χ3v) is 5.32. The monoisotopic (exact) mass is 419 g/mol. The number of fused-ring (bicyclic) bond motifs is 1. The summed E-state index contributed by atoms with van der Waals surface area (Å²) in [5, 5.41) is 40.1. The minimum Gasteiger partial charge on any atom is -0.479 e. The van der Waals surface area contributed by atoms with Crippen molar-refractivity contribution in [2.75, 3.05) is 0 Å². The highest BCUT2D eigenvalue weighted by atomic mass is 16.7. The van der Waals surface area contributed by atoms with E-state index in [0.717, 1.165) is 25.0 Å². The van der Waals surface area contributed by atoms with Gasteiger partial charge in [0, 0.05) is 17.1 Å². The molecule has 0 amide bonds. The highest BCUT2D eigenvalue weighted by Crippen LogP contribution is 2.30. The predicted octanol–water partition coefficient (Wildman–Crippen LogP) is 2.02. The molecule has 5 atom stereocenters. The summed E-state index contributed by atoms with van der Waals surface area (Å²) in [4.78, 5) is 16.0. The van der Waals surface area contributed by atoms with Crippen LogP contribution in [0.25, 0.3) is 10.9 Å². The number of ether oxygens (including phenoxy) is 2. The van der Waals surface area contributed by atoms with Gasteiger partial charge >= 0.3 is 5.97 Å². The predicted molar refractivity (Wildman–Crippen MR) is 109 cm³/mol. The number of carboxylic acid groups (broad SMARTS) is 1. The molecule has 3 rings (SSSR count). The van der Waals surface area contributed by atoms with Crippen LogP contribution in [0.4, 0.5) is 0 Å². The van der Waals surface area contributed by atoms with Crippen LogP contribution < -0.4 is 4.74 Å². The van der Waals surface area contributed by atoms with Gasteiger partial charge in [-0.2, -0.15) is 0 Å². The number of hydrogen-bond acceptors (Lipinski definition) is 7. The second kappa shape index (κ2) is 10.2. The van der Waals surface area contributed by atoms with Crippen molar-refractivity contribution in [3.05, 3.63) is 36.0 Å². The molecule has 164 valence electrons. The molecule has 0 spiro atoms. The summed E-state index contributed by atoms with van der Waals surface area (Å²) in [6.07, 6.45) is -1.84. The summed E-state index contributed by atoms with van der Waals surface area (Å²) in [6.45, 7) is 2.17. The summed E-state index contributed by atoms with van der Waals surface area (Å²) < 4.78 is 11.1. The number of aliphatic hydroxyl groups is 3. The van der Waals surface area contributed by atoms with Crippen LogP contribution in [0.2, 0.25) is 0 Å². The molecule has 0 saturated carbocycles. The number of nitrogens with zero attached hydrogens (tertiary/aromatic N) is 1. The molecule has 0 bridgehead atoms. The lowest BCUT2D eigenvalue weighted by Crippen LogP contribution is -2.61. The summed E-state index contributed by atoms with van der Waals surface area (Å²) in [5.74, 6) is -1.07. The van der Waals surface area contributed by atoms with Crippen molar-refractivity contribution in [2.45, 2.75) is 76.2 Å². The van der Waals surface area contributed by atoms with Crippen LogP contribution in [-0.4, -0.2) is 62.1 Å². The molecular formula is C22H29NO7. The number of unbranched alkanes of at least 4 members (excludes halogenated alkanes) is 4. The maximum atomic E-state index is 11.3. The molecule has 1 aromatic heterocycles. The number of para-hydroxylation sites is 1. The van der Waals surface area contributed by atoms with Crippen LogP contribution in [0.5, 0.6) is 5.75 Å². The Morgan fingerprint density at radius 2 is 1.80 bits per heavy atom. The molecule has 1 saturated heterocycles. The van der Waals surface area contributed by atoms with Gasteiger partial charge in [0.1, 0.15) is 24.1 Å². The second-order valence-electron chi connectivity index (χ2n) is 7.65. The normalized spacial score (nSPS) is 26.6. The van der Waals surface area contributed by atoms with Gasteiger partial charge in [0.25, 0.3) is 0 Å². The average molecular weight is 419 g/mol. The van der Waals surface area contributed by atoms with E-state index in [0.29, 0.717) is 16.7 Å². The van der Waals surface area contributed by atoms with Crippen LogP contribution in [-0.2, 0) is 16.0 Å². The lowest BCUT2D eigenvalue weighted by Gasteiger charge is -2.38. The summed E-state index contributed by atoms with van der Waals surface area (Å²) >= 11 is 0. The van der Waals surface area contributed by atoms with Gasteiger partial charge in [-0.15, -0.1) is 0 Å². The van der Waals surface area contributed by atoms with Crippen LogP contribution in [0.1, 0.15) is 44.7 Å². The highest BCUT2D eigenvalue weighted by Gasteiger charge is 2.48. The van der Waals surface area contributed by atoms with E-state index in [9.17, 15) is 25.2 Å². The Hall–Kier alpha value is -2.26. The Morgan fingerprint density at radius 1 is 1.07 bits per heavy atom. The first-order valence-electron chi connectivity index (χ1n) is 10.4. The van der Waals surface area contributed by atoms with Gasteiger partial charge in [0.05, 0.1) is 5.52 Å². The fourth-order valence-electron chi connectivity index (χ4n) is 3.61. The molecule has 8 heteroatoms. The van der Waals surface area contributed by atoms with Crippen molar-refractivity contribution in [1.82, 2.24) is 4.98 Å². The fraction of sp³-hybridized carbons (Fsp3) is 0.545. The summed E-state index contributed by atoms with van der Waals surface area (Å²) in [7, 11) is 0. The standard InChI is InChI=1S/C22H29NO7/c1-2-3-4-5-6-9-13-12-16(14-10-7-8-11-15(14)23-13)29-22-19(26)17(24)18(25)20(30-22)21(27)28/h7-8,10-12,17-20,22,24-26H,2-6,9H2,1H3,(H,27,28)/t17?,18-,19-,20?,22-/m1/s1. The molecule has 30 heavy (non-hydrogen) atoms. The smallest absolute Gasteiger partial charge is 0.335 e. The van der Waals surface area contributed by atoms with Crippen LogP contribution in [0.3, 0.4) is 0 Å². The van der Waals surface area contributed by atoms with E-state index in [4.69, 9.17) is 9.47 Å². The quantitative estimate of drug-likeness (QED) is 0.454. The number of aromatic nitrogens is 1. The average Bonchev–Trinajstić information content (AvgIpc) is 2.73. The molecule has 2 unspecified atom stereocenters. The van der Waals surface area contributed by atoms with Crippen molar-refractivity contribution in [3.63, 3.8) is 0 Å². The molecular weight excluding hydrogens is 390 g/mol. The van der Waals surface area contributed by atoms with Crippen LogP contribution in [0, 0.1) is 0 Å². The third-order valence-electron chi connectivity index (χ3n) is 5.32. The van der Waals surface area contributed by atoms with Crippen molar-refractivity contribution in [1.29, 1.82) is 0 Å². The SMILES string of the molecule is CCCCCCCc1cc(O[C@@H]2OC(C(=O)O)[C@H](O)C(O)[C@H]2O)c2ccccc2n1. The number of aliphatic carboxylic acids is 1. The second-order valence-corrected chi connectivity index (χ2v) is 7.65. The fourth-order valence-corrected chi connectivity index (χ4v) is 3.61. The molecule has 1 aliphatic heterocycles. The number of carbonyl (C=O) groups is 1. The molecule has 1 aromatic carbocycles. The Morgan fingerprint density at radius 3 is 2.53 bits per heavy atom. The first kappa shape index (κ1) is 22.4. The van der Waals surface area contributed by atoms with Gasteiger partial charge < -0.3 is 29.9 Å². The molecule has 0 radical (unpaired) electrons. The van der Waals surface area contributed by atoms with Crippen molar-refractivity contribution >= 4 is 16.9 Å². The summed E-state index contributed by atoms with van der Waals surface area (Å²) in [5.41, 5.74) is 1.53. The molecule has 8 nitrogen and oxygen atoms in total. The molecule has 2 heterocycles. The van der Waals surface area contributed by atoms with Gasteiger partial charge in [0.15, 0.2) is 6.10 Å². The molecule has 1 aliphatic rings. The van der Waals surface area contributed by atoms with Gasteiger partial charge in [0.2, 0.25) is 6.29 Å². The Bertz CT molecular complexity index is 858. The van der Waals surface area contributed by atoms with Gasteiger partial charge in [-0.05, 0) is 25.0 Å². The molecule has 4 N–H and O–H groups in total. The first-order chi connectivity index (χ1) is 14.4. The zero-order valence-electron chi connectivity index (χ0n) is 17.0. The number of rotatable bonds is 9. The number of aryl methyl sites for hydroxylation is 1. The molecule has 1 fully saturated rings. The maximum absolute atomic E-state index is 11.3. The number of aliphatic hydroxyl groups excluding tert-OH is 3. The zero-order valence-corrected chi connectivity index (χ0v) is 17.0. The van der Waals surface area contributed by atoms with E-state index >= 15 is 0 Å². The van der Waals surface area contributed by atoms with Gasteiger partial charge in [-0.3, -0.25) is 4.98 Å². The summed E-state index contributed by atoms with van der Waals surface area (Å²) in [6, 6.07) is 9.08. The van der Waals surface area contributed by atoms with E-state index in [2.05, 4.69) is 11.9 Å². The number of benzene rings is 1. The molecule has 2 aromatic rings. The topological polar surface area (TPSA) is 129 Å². The van der Waals surface area contributed by atoms with Crippen LogP contribution in [0.15, 0.2) is 30.3 Å². The lowest BCUT2D eigenvalue weighted by molar-refractivity contribution is -0.270. The minimum absolute atomic E-state index is 0.376. The lowest BCUT2D eigenvalue weighted by atomic mass is 9.99. The maximum Gasteiger partial charge on any atom is 0.335 e. The number of carboxylic acids is 1. The minimum atomic E-state index is -1.76. The van der Waals surface area contributed by atoms with Crippen molar-refractivity contribution < 1.29 is 34.7 Å². The zero-order chi connectivity index (χ0) is 21.7. The number of pyridine rings is 1. The van der Waals surface area contributed by atoms with E-state index in [1.54, 1.807) is 12.1 Å². The van der Waals surface area contributed by atoms with Gasteiger partial charge in [-0.1, -0.05) is 44.7 Å². The first-order valence-corrected chi connectivity index (χ1v) is 10.4. The highest BCUT2D eigenvalue weighted by molar-refractivity contribution is 5.85. The molecule has 0 aliphatic carbocycles. The van der Waals surface area contributed by atoms with Gasteiger partial charge in [-0.25, -0.2) is 4.79 Å². The van der Waals surface area contributed by atoms with E-state index in [-0.39, 0.29) is 0 Å².